The number of ketones is 1. The van der Waals surface area contributed by atoms with Crippen LogP contribution in [0.2, 0.25) is 0 Å². The Labute approximate surface area is 84.0 Å². The molecule has 0 saturated carbocycles. The number of hydrogen-bond acceptors (Lipinski definition) is 4. The summed E-state index contributed by atoms with van der Waals surface area (Å²) in [5.74, 6) is -2.03. The van der Waals surface area contributed by atoms with Crippen molar-refractivity contribution in [3.8, 4) is 5.95 Å². The highest BCUT2D eigenvalue weighted by molar-refractivity contribution is 6.08. The lowest BCUT2D eigenvalue weighted by atomic mass is 10.1. The van der Waals surface area contributed by atoms with E-state index >= 15 is 0 Å². The van der Waals surface area contributed by atoms with Crippen LogP contribution in [-0.4, -0.2) is 15.9 Å². The first-order chi connectivity index (χ1) is 7.18. The van der Waals surface area contributed by atoms with E-state index in [1.54, 1.807) is 30.3 Å². The second kappa shape index (κ2) is 3.45. The van der Waals surface area contributed by atoms with E-state index in [1.165, 1.54) is 0 Å². The number of carbonyl (C=O) groups is 1. The molecule has 5 heteroatoms. The second-order valence-corrected chi connectivity index (χ2v) is 2.89. The minimum Gasteiger partial charge on any atom is -0.479 e. The standard InChI is InChI=1S/C10H7NO4/c12-8(6-4-2-1-3-5-6)7-9(13)15-10(14)11-7/h1-5,13H,(H,11,14). The monoisotopic (exact) mass is 205 g/mol. The van der Waals surface area contributed by atoms with Crippen LogP contribution in [0.25, 0.3) is 0 Å². The van der Waals surface area contributed by atoms with Crippen molar-refractivity contribution in [2.45, 2.75) is 0 Å². The van der Waals surface area contributed by atoms with Crippen molar-refractivity contribution in [2.24, 2.45) is 0 Å². The molecule has 0 fully saturated rings. The van der Waals surface area contributed by atoms with E-state index in [-0.39, 0.29) is 5.69 Å². The zero-order valence-electron chi connectivity index (χ0n) is 7.56. The maximum atomic E-state index is 11.7. The van der Waals surface area contributed by atoms with Gasteiger partial charge in [-0.3, -0.25) is 9.78 Å². The first-order valence-electron chi connectivity index (χ1n) is 4.20. The molecule has 0 atom stereocenters. The number of aromatic hydroxyl groups is 1. The molecule has 0 aliphatic carbocycles. The number of carbonyl (C=O) groups excluding carboxylic acids is 1. The molecule has 2 aromatic rings. The first kappa shape index (κ1) is 9.26. The summed E-state index contributed by atoms with van der Waals surface area (Å²) in [5, 5.41) is 9.14. The summed E-state index contributed by atoms with van der Waals surface area (Å²) < 4.78 is 4.28. The van der Waals surface area contributed by atoms with Crippen molar-refractivity contribution in [1.82, 2.24) is 4.98 Å². The molecule has 76 valence electrons. The SMILES string of the molecule is O=C(c1ccccc1)c1[nH]c(=O)oc1O. The average molecular weight is 205 g/mol. The average Bonchev–Trinajstić information content (AvgIpc) is 2.58. The minimum atomic E-state index is -0.855. The van der Waals surface area contributed by atoms with Crippen LogP contribution >= 0.6 is 0 Å². The molecule has 0 amide bonds. The number of aromatic nitrogens is 1. The molecule has 2 rings (SSSR count). The Morgan fingerprint density at radius 1 is 1.27 bits per heavy atom. The van der Waals surface area contributed by atoms with Gasteiger partial charge in [0.15, 0.2) is 5.69 Å². The van der Waals surface area contributed by atoms with Gasteiger partial charge in [-0.2, -0.15) is 0 Å². The Morgan fingerprint density at radius 3 is 2.47 bits per heavy atom. The van der Waals surface area contributed by atoms with E-state index in [2.05, 4.69) is 9.40 Å². The summed E-state index contributed by atoms with van der Waals surface area (Å²) in [6.45, 7) is 0. The minimum absolute atomic E-state index is 0.230. The molecule has 0 aliphatic heterocycles. The van der Waals surface area contributed by atoms with Gasteiger partial charge in [-0.05, 0) is 0 Å². The van der Waals surface area contributed by atoms with Crippen molar-refractivity contribution < 1.29 is 14.3 Å². The zero-order valence-corrected chi connectivity index (χ0v) is 7.56. The van der Waals surface area contributed by atoms with E-state index in [1.807, 2.05) is 0 Å². The van der Waals surface area contributed by atoms with E-state index < -0.39 is 17.5 Å². The molecule has 1 aromatic heterocycles. The smallest absolute Gasteiger partial charge is 0.419 e. The fraction of sp³-hybridized carbons (Fsp3) is 0. The van der Waals surface area contributed by atoms with Gasteiger partial charge in [-0.15, -0.1) is 0 Å². The van der Waals surface area contributed by atoms with Gasteiger partial charge < -0.3 is 9.52 Å². The number of rotatable bonds is 2. The third-order valence-corrected chi connectivity index (χ3v) is 1.89. The van der Waals surface area contributed by atoms with Gasteiger partial charge >= 0.3 is 11.7 Å². The zero-order chi connectivity index (χ0) is 10.8. The van der Waals surface area contributed by atoms with Gasteiger partial charge in [0.05, 0.1) is 0 Å². The third kappa shape index (κ3) is 1.67. The fourth-order valence-corrected chi connectivity index (χ4v) is 1.21. The molecule has 15 heavy (non-hydrogen) atoms. The van der Waals surface area contributed by atoms with Crippen LogP contribution in [0.4, 0.5) is 0 Å². The molecule has 1 aromatic carbocycles. The fourth-order valence-electron chi connectivity index (χ4n) is 1.21. The van der Waals surface area contributed by atoms with Crippen LogP contribution in [0.5, 0.6) is 5.95 Å². The Kier molecular flexibility index (Phi) is 2.13. The number of hydrogen-bond donors (Lipinski definition) is 2. The van der Waals surface area contributed by atoms with Gasteiger partial charge in [0, 0.05) is 5.56 Å². The molecule has 0 aliphatic rings. The molecule has 0 unspecified atom stereocenters. The highest BCUT2D eigenvalue weighted by Gasteiger charge is 2.18. The molecular weight excluding hydrogens is 198 g/mol. The van der Waals surface area contributed by atoms with Crippen LogP contribution in [-0.2, 0) is 0 Å². The van der Waals surface area contributed by atoms with Crippen LogP contribution in [0.1, 0.15) is 16.1 Å². The van der Waals surface area contributed by atoms with Crippen LogP contribution < -0.4 is 5.76 Å². The molecule has 2 N–H and O–H groups in total. The summed E-state index contributed by atoms with van der Waals surface area (Å²) in [6, 6.07) is 8.28. The molecule has 0 spiro atoms. The maximum absolute atomic E-state index is 11.7. The summed E-state index contributed by atoms with van der Waals surface area (Å²) in [4.78, 5) is 24.5. The van der Waals surface area contributed by atoms with E-state index in [0.717, 1.165) is 0 Å². The molecule has 0 radical (unpaired) electrons. The van der Waals surface area contributed by atoms with E-state index in [4.69, 9.17) is 5.11 Å². The Hall–Kier alpha value is -2.30. The maximum Gasteiger partial charge on any atom is 0.419 e. The van der Waals surface area contributed by atoms with Gasteiger partial charge in [0.1, 0.15) is 0 Å². The first-order valence-corrected chi connectivity index (χ1v) is 4.20. The van der Waals surface area contributed by atoms with Crippen LogP contribution in [0, 0.1) is 0 Å². The lowest BCUT2D eigenvalue weighted by molar-refractivity contribution is 0.103. The van der Waals surface area contributed by atoms with E-state index in [9.17, 15) is 9.59 Å². The quantitative estimate of drug-likeness (QED) is 0.713. The highest BCUT2D eigenvalue weighted by atomic mass is 16.5. The molecule has 0 saturated heterocycles. The van der Waals surface area contributed by atoms with Gasteiger partial charge in [-0.1, -0.05) is 30.3 Å². The van der Waals surface area contributed by atoms with Crippen LogP contribution in [0.3, 0.4) is 0 Å². The van der Waals surface area contributed by atoms with Crippen molar-refractivity contribution >= 4 is 5.78 Å². The molecule has 0 bridgehead atoms. The number of benzene rings is 1. The Morgan fingerprint density at radius 2 is 1.93 bits per heavy atom. The Bertz CT molecular complexity index is 538. The predicted molar refractivity (Wildman–Crippen MR) is 50.9 cm³/mol. The van der Waals surface area contributed by atoms with Gasteiger partial charge in [0.25, 0.3) is 0 Å². The number of H-pyrrole nitrogens is 1. The largest absolute Gasteiger partial charge is 0.479 e. The second-order valence-electron chi connectivity index (χ2n) is 2.89. The van der Waals surface area contributed by atoms with Gasteiger partial charge in [-0.25, -0.2) is 4.79 Å². The molecular formula is C10H7NO4. The summed E-state index contributed by atoms with van der Waals surface area (Å²) in [7, 11) is 0. The van der Waals surface area contributed by atoms with Crippen molar-refractivity contribution in [3.05, 3.63) is 52.1 Å². The number of nitrogens with one attached hydrogen (secondary N) is 1. The third-order valence-electron chi connectivity index (χ3n) is 1.89. The lowest BCUT2D eigenvalue weighted by Gasteiger charge is -1.96. The normalized spacial score (nSPS) is 10.1. The topological polar surface area (TPSA) is 83.3 Å². The summed E-state index contributed by atoms with van der Waals surface area (Å²) >= 11 is 0. The summed E-state index contributed by atoms with van der Waals surface area (Å²) in [5.41, 5.74) is 0.135. The van der Waals surface area contributed by atoms with Crippen molar-refractivity contribution in [3.63, 3.8) is 0 Å². The predicted octanol–water partition coefficient (Wildman–Crippen LogP) is 0.904. The molecule has 5 nitrogen and oxygen atoms in total. The highest BCUT2D eigenvalue weighted by Crippen LogP contribution is 2.15. The van der Waals surface area contributed by atoms with Crippen molar-refractivity contribution in [1.29, 1.82) is 0 Å². The van der Waals surface area contributed by atoms with Gasteiger partial charge in [0.2, 0.25) is 5.78 Å². The van der Waals surface area contributed by atoms with Crippen molar-refractivity contribution in [2.75, 3.05) is 0 Å². The Balaban J connectivity index is 2.46. The summed E-state index contributed by atoms with van der Waals surface area (Å²) in [6.07, 6.45) is 0. The lowest BCUT2D eigenvalue weighted by Crippen LogP contribution is -2.05. The van der Waals surface area contributed by atoms with E-state index in [0.29, 0.717) is 5.56 Å². The number of oxazole rings is 1. The number of aromatic amines is 1. The van der Waals surface area contributed by atoms with Crippen LogP contribution in [0.15, 0.2) is 39.5 Å². The molecule has 1 heterocycles.